The molecule has 2 nitrogen and oxygen atoms in total. The number of benzene rings is 1. The van der Waals surface area contributed by atoms with Gasteiger partial charge in [-0.2, -0.15) is 11.8 Å². The average Bonchev–Trinajstić information content (AvgIpc) is 2.42. The Bertz CT molecular complexity index is 377. The third-order valence-corrected chi connectivity index (χ3v) is 5.14. The summed E-state index contributed by atoms with van der Waals surface area (Å²) in [6.45, 7) is 7.98. The molecule has 2 rings (SSSR count). The lowest BCUT2D eigenvalue weighted by molar-refractivity contribution is 0.224. The molecule has 1 aliphatic rings. The van der Waals surface area contributed by atoms with Crippen LogP contribution in [0.15, 0.2) is 24.3 Å². The van der Waals surface area contributed by atoms with Crippen LogP contribution in [0.4, 0.5) is 0 Å². The van der Waals surface area contributed by atoms with Gasteiger partial charge in [-0.05, 0) is 31.0 Å². The smallest absolute Gasteiger partial charge is 0.0237 e. The number of nitrogens with one attached hydrogen (secondary N) is 1. The van der Waals surface area contributed by atoms with Gasteiger partial charge in [0.15, 0.2) is 0 Å². The normalized spacial score (nSPS) is 22.4. The number of thioether (sulfide) groups is 1. The predicted octanol–water partition coefficient (Wildman–Crippen LogP) is 2.95. The van der Waals surface area contributed by atoms with Crippen molar-refractivity contribution in [3.63, 3.8) is 0 Å². The molecule has 0 aromatic heterocycles. The second-order valence-corrected chi connectivity index (χ2v) is 6.74. The van der Waals surface area contributed by atoms with Gasteiger partial charge in [-0.3, -0.25) is 4.90 Å². The van der Waals surface area contributed by atoms with Crippen LogP contribution in [0, 0.1) is 0 Å². The molecule has 0 radical (unpaired) electrons. The molecule has 1 heterocycles. The molecule has 106 valence electrons. The highest BCUT2D eigenvalue weighted by atomic mass is 32.2. The van der Waals surface area contributed by atoms with Crippen LogP contribution >= 0.6 is 11.8 Å². The molecule has 1 N–H and O–H groups in total. The number of likely N-dealkylation sites (N-methyl/N-ethyl adjacent to an activating group) is 1. The summed E-state index contributed by atoms with van der Waals surface area (Å²) < 4.78 is 0. The van der Waals surface area contributed by atoms with E-state index in [-0.39, 0.29) is 0 Å². The Balaban J connectivity index is 1.94. The quantitative estimate of drug-likeness (QED) is 0.891. The van der Waals surface area contributed by atoms with Crippen LogP contribution in [-0.4, -0.2) is 42.6 Å². The molecule has 1 fully saturated rings. The average molecular weight is 278 g/mol. The number of rotatable bonds is 5. The fraction of sp³-hybridized carbons (Fsp3) is 0.625. The summed E-state index contributed by atoms with van der Waals surface area (Å²) in [5.74, 6) is 3.14. The molecule has 3 heteroatoms. The Morgan fingerprint density at radius 3 is 2.74 bits per heavy atom. The zero-order chi connectivity index (χ0) is 13.7. The van der Waals surface area contributed by atoms with E-state index in [0.29, 0.717) is 12.0 Å². The van der Waals surface area contributed by atoms with Gasteiger partial charge in [0.05, 0.1) is 0 Å². The Morgan fingerprint density at radius 1 is 1.37 bits per heavy atom. The maximum Gasteiger partial charge on any atom is 0.0237 e. The molecule has 0 aliphatic carbocycles. The molecular weight excluding hydrogens is 252 g/mol. The summed E-state index contributed by atoms with van der Waals surface area (Å²) in [7, 11) is 2.01. The van der Waals surface area contributed by atoms with Crippen molar-refractivity contribution in [2.24, 2.45) is 0 Å². The fourth-order valence-electron chi connectivity index (χ4n) is 2.61. The molecule has 1 aliphatic heterocycles. The minimum Gasteiger partial charge on any atom is -0.319 e. The highest BCUT2D eigenvalue weighted by Gasteiger charge is 2.18. The summed E-state index contributed by atoms with van der Waals surface area (Å²) in [6.07, 6.45) is 0. The second-order valence-electron chi connectivity index (χ2n) is 5.59. The maximum atomic E-state index is 3.24. The van der Waals surface area contributed by atoms with Crippen molar-refractivity contribution in [1.82, 2.24) is 10.2 Å². The van der Waals surface area contributed by atoms with Crippen LogP contribution in [0.2, 0.25) is 0 Å². The first kappa shape index (κ1) is 14.9. The van der Waals surface area contributed by atoms with Crippen molar-refractivity contribution in [3.05, 3.63) is 35.4 Å². The lowest BCUT2D eigenvalue weighted by atomic mass is 9.99. The number of hydrogen-bond acceptors (Lipinski definition) is 3. The van der Waals surface area contributed by atoms with Crippen molar-refractivity contribution >= 4 is 11.8 Å². The van der Waals surface area contributed by atoms with E-state index in [4.69, 9.17) is 0 Å². The first-order chi connectivity index (χ1) is 9.20. The van der Waals surface area contributed by atoms with Gasteiger partial charge < -0.3 is 5.32 Å². The molecule has 2 atom stereocenters. The Labute approximate surface area is 122 Å². The van der Waals surface area contributed by atoms with Crippen molar-refractivity contribution < 1.29 is 0 Å². The monoisotopic (exact) mass is 278 g/mol. The highest BCUT2D eigenvalue weighted by Crippen LogP contribution is 2.20. The minimum absolute atomic E-state index is 0.587. The number of hydrogen-bond donors (Lipinski definition) is 1. The van der Waals surface area contributed by atoms with Gasteiger partial charge in [-0.25, -0.2) is 0 Å². The molecule has 19 heavy (non-hydrogen) atoms. The Hall–Kier alpha value is -0.510. The van der Waals surface area contributed by atoms with Crippen molar-refractivity contribution in [2.75, 3.05) is 31.6 Å². The van der Waals surface area contributed by atoms with Crippen LogP contribution < -0.4 is 5.32 Å². The van der Waals surface area contributed by atoms with Crippen molar-refractivity contribution in [3.8, 4) is 0 Å². The predicted molar refractivity (Wildman–Crippen MR) is 86.0 cm³/mol. The first-order valence-electron chi connectivity index (χ1n) is 7.26. The maximum absolute atomic E-state index is 3.24. The third kappa shape index (κ3) is 4.23. The summed E-state index contributed by atoms with van der Waals surface area (Å²) in [6, 6.07) is 9.90. The first-order valence-corrected chi connectivity index (χ1v) is 8.41. The van der Waals surface area contributed by atoms with Gasteiger partial charge in [0.2, 0.25) is 0 Å². The van der Waals surface area contributed by atoms with E-state index in [1.54, 1.807) is 0 Å². The van der Waals surface area contributed by atoms with Crippen LogP contribution in [0.5, 0.6) is 0 Å². The van der Waals surface area contributed by atoms with Crippen molar-refractivity contribution in [1.29, 1.82) is 0 Å². The fourth-order valence-corrected chi connectivity index (χ4v) is 3.69. The summed E-state index contributed by atoms with van der Waals surface area (Å²) >= 11 is 2.08. The van der Waals surface area contributed by atoms with Gasteiger partial charge >= 0.3 is 0 Å². The van der Waals surface area contributed by atoms with Crippen LogP contribution in [0.1, 0.15) is 30.9 Å². The van der Waals surface area contributed by atoms with E-state index in [1.165, 1.54) is 29.2 Å². The Kier molecular flexibility index (Phi) is 5.74. The lowest BCUT2D eigenvalue weighted by Crippen LogP contribution is -2.39. The highest BCUT2D eigenvalue weighted by molar-refractivity contribution is 7.99. The number of nitrogens with zero attached hydrogens (tertiary/aromatic N) is 1. The van der Waals surface area contributed by atoms with Crippen LogP contribution in [0.25, 0.3) is 0 Å². The molecular formula is C16H26N2S. The molecule has 2 unspecified atom stereocenters. The van der Waals surface area contributed by atoms with Crippen molar-refractivity contribution in [2.45, 2.75) is 32.4 Å². The largest absolute Gasteiger partial charge is 0.319 e. The van der Waals surface area contributed by atoms with E-state index in [1.807, 2.05) is 7.05 Å². The SMILES string of the molecule is CNCC(C)c1ccc(CN2CCSCC2C)cc1. The van der Waals surface area contributed by atoms with E-state index < -0.39 is 0 Å². The summed E-state index contributed by atoms with van der Waals surface area (Å²) in [4.78, 5) is 2.60. The molecule has 1 aromatic carbocycles. The molecule has 0 bridgehead atoms. The Morgan fingerprint density at radius 2 is 2.11 bits per heavy atom. The molecule has 0 amide bonds. The second kappa shape index (κ2) is 7.32. The molecule has 1 saturated heterocycles. The summed E-state index contributed by atoms with van der Waals surface area (Å²) in [5.41, 5.74) is 2.87. The van der Waals surface area contributed by atoms with Gasteiger partial charge in [0.25, 0.3) is 0 Å². The minimum atomic E-state index is 0.587. The summed E-state index contributed by atoms with van der Waals surface area (Å²) in [5, 5.41) is 3.24. The zero-order valence-corrected chi connectivity index (χ0v) is 13.2. The van der Waals surface area contributed by atoms with Gasteiger partial charge in [-0.1, -0.05) is 31.2 Å². The van der Waals surface area contributed by atoms with E-state index >= 15 is 0 Å². The lowest BCUT2D eigenvalue weighted by Gasteiger charge is -2.33. The van der Waals surface area contributed by atoms with E-state index in [2.05, 4.69) is 60.1 Å². The molecule has 1 aromatic rings. The topological polar surface area (TPSA) is 15.3 Å². The van der Waals surface area contributed by atoms with E-state index in [0.717, 1.165) is 13.1 Å². The van der Waals surface area contributed by atoms with Crippen LogP contribution in [0.3, 0.4) is 0 Å². The van der Waals surface area contributed by atoms with Gasteiger partial charge in [-0.15, -0.1) is 0 Å². The molecule has 0 spiro atoms. The van der Waals surface area contributed by atoms with E-state index in [9.17, 15) is 0 Å². The van der Waals surface area contributed by atoms with Gasteiger partial charge in [0, 0.05) is 37.2 Å². The van der Waals surface area contributed by atoms with Crippen LogP contribution in [-0.2, 0) is 6.54 Å². The standard InChI is InChI=1S/C16H26N2S/c1-13(10-17-3)16-6-4-15(5-7-16)11-18-8-9-19-12-14(18)2/h4-7,13-14,17H,8-12H2,1-3H3. The van der Waals surface area contributed by atoms with Gasteiger partial charge in [0.1, 0.15) is 0 Å². The third-order valence-electron chi connectivity index (χ3n) is 3.95. The molecule has 0 saturated carbocycles. The zero-order valence-electron chi connectivity index (χ0n) is 12.4.